The zero-order valence-electron chi connectivity index (χ0n) is 15.7. The van der Waals surface area contributed by atoms with Gasteiger partial charge >= 0.3 is 0 Å². The maximum Gasteiger partial charge on any atom is 0.231 e. The van der Waals surface area contributed by atoms with E-state index in [1.807, 2.05) is 0 Å². The third-order valence-corrected chi connectivity index (χ3v) is 3.59. The third-order valence-electron chi connectivity index (χ3n) is 3.59. The summed E-state index contributed by atoms with van der Waals surface area (Å²) in [5.74, 6) is 0. The molecule has 0 aliphatic rings. The lowest BCUT2D eigenvalue weighted by Crippen LogP contribution is -1.96. The second-order valence-corrected chi connectivity index (χ2v) is 5.40. The van der Waals surface area contributed by atoms with Gasteiger partial charge in [-0.2, -0.15) is 0 Å². The molecule has 0 aliphatic heterocycles. The van der Waals surface area contributed by atoms with E-state index in [-0.39, 0.29) is 0 Å². The first-order chi connectivity index (χ1) is 14.2. The van der Waals surface area contributed by atoms with Crippen molar-refractivity contribution in [2.75, 3.05) is 0 Å². The zero-order chi connectivity index (χ0) is 21.7. The zero-order valence-corrected chi connectivity index (χ0v) is 15.7. The van der Waals surface area contributed by atoms with Crippen molar-refractivity contribution in [2.24, 2.45) is 0 Å². The Labute approximate surface area is 169 Å². The molecule has 3 aromatic rings. The third kappa shape index (κ3) is 11.9. The van der Waals surface area contributed by atoms with E-state index in [2.05, 4.69) is 84.9 Å². The van der Waals surface area contributed by atoms with E-state index in [1.54, 1.807) is 0 Å². The molecule has 0 spiro atoms. The molecule has 0 bridgehead atoms. The van der Waals surface area contributed by atoms with E-state index in [1.165, 1.54) is 22.3 Å². The molecule has 0 saturated carbocycles. The number of hydrogen-bond acceptors (Lipinski definition) is 6. The highest BCUT2D eigenvalue weighted by molar-refractivity contribution is 5.36. The minimum Gasteiger partial charge on any atom is -0.222 e. The van der Waals surface area contributed by atoms with Crippen LogP contribution < -0.4 is 0 Å². The molecule has 3 N–H and O–H groups in total. The summed E-state index contributed by atoms with van der Waals surface area (Å²) in [6.07, 6.45) is 4.26. The van der Waals surface area contributed by atoms with Crippen LogP contribution in [0.3, 0.4) is 0 Å². The van der Waals surface area contributed by atoms with E-state index >= 15 is 0 Å². The molecule has 0 aromatic heterocycles. The smallest absolute Gasteiger partial charge is 0.222 e. The molecule has 0 unspecified atom stereocenters. The van der Waals surface area contributed by atoms with Crippen molar-refractivity contribution in [2.45, 2.75) is 12.8 Å². The van der Waals surface area contributed by atoms with Crippen LogP contribution in [0, 0.1) is 16.2 Å². The quantitative estimate of drug-likeness (QED) is 0.449. The lowest BCUT2D eigenvalue weighted by molar-refractivity contribution is 0.562. The lowest BCUT2D eigenvalue weighted by atomic mass is 9.95. The number of isocyanates is 3. The van der Waals surface area contributed by atoms with E-state index in [4.69, 9.17) is 30.6 Å². The maximum absolute atomic E-state index is 8.35. The molecule has 0 saturated heterocycles. The summed E-state index contributed by atoms with van der Waals surface area (Å²) in [6.45, 7) is 0. The molecule has 3 rings (SSSR count). The van der Waals surface area contributed by atoms with Gasteiger partial charge in [0.05, 0.1) is 0 Å². The summed E-state index contributed by atoms with van der Waals surface area (Å²) in [4.78, 5) is 25.0. The van der Waals surface area contributed by atoms with Gasteiger partial charge in [-0.3, -0.25) is 0 Å². The fourth-order valence-electron chi connectivity index (χ4n) is 2.53. The van der Waals surface area contributed by atoms with Gasteiger partial charge in [0.25, 0.3) is 0 Å². The maximum atomic E-state index is 8.35. The minimum atomic E-state index is 0.750. The first-order valence-corrected chi connectivity index (χ1v) is 8.43. The standard InChI is InChI=1S/C20H18.3CHNO/c1-3-9-17(10-4-1)15-19-13-7-8-14-20(19)16-18-11-5-2-6-12-18;3*2-1-3/h1-14H,15-16H2;3*2H. The van der Waals surface area contributed by atoms with Crippen molar-refractivity contribution < 1.29 is 14.4 Å². The van der Waals surface area contributed by atoms with Gasteiger partial charge in [0.1, 0.15) is 0 Å². The molecule has 0 aliphatic carbocycles. The van der Waals surface area contributed by atoms with Crippen molar-refractivity contribution in [3.8, 4) is 0 Å². The average Bonchev–Trinajstić information content (AvgIpc) is 2.73. The van der Waals surface area contributed by atoms with Crippen molar-refractivity contribution in [1.82, 2.24) is 0 Å². The number of rotatable bonds is 4. The van der Waals surface area contributed by atoms with E-state index < -0.39 is 0 Å². The molecule has 146 valence electrons. The Kier molecular flexibility index (Phi) is 14.7. The number of benzene rings is 3. The van der Waals surface area contributed by atoms with E-state index in [9.17, 15) is 0 Å². The van der Waals surface area contributed by atoms with Crippen LogP contribution in [0.15, 0.2) is 84.9 Å². The van der Waals surface area contributed by atoms with Crippen LogP contribution in [0.25, 0.3) is 0 Å². The number of hydrogen-bond donors (Lipinski definition) is 3. The van der Waals surface area contributed by atoms with Gasteiger partial charge in [-0.25, -0.2) is 30.6 Å². The summed E-state index contributed by atoms with van der Waals surface area (Å²) in [5, 5.41) is 16.2. The van der Waals surface area contributed by atoms with E-state index in [0.717, 1.165) is 31.1 Å². The molecule has 0 amide bonds. The van der Waals surface area contributed by atoms with Gasteiger partial charge in [-0.05, 0) is 35.1 Å². The fourth-order valence-corrected chi connectivity index (χ4v) is 2.53. The van der Waals surface area contributed by atoms with Gasteiger partial charge < -0.3 is 0 Å². The molecule has 6 nitrogen and oxygen atoms in total. The Bertz CT molecular complexity index is 835. The van der Waals surface area contributed by atoms with Crippen LogP contribution in [0.5, 0.6) is 0 Å². The van der Waals surface area contributed by atoms with Gasteiger partial charge in [-0.15, -0.1) is 0 Å². The van der Waals surface area contributed by atoms with Crippen LogP contribution in [0.1, 0.15) is 22.3 Å². The first kappa shape index (κ1) is 24.8. The Morgan fingerprint density at radius 1 is 0.483 bits per heavy atom. The molecule has 0 radical (unpaired) electrons. The summed E-state index contributed by atoms with van der Waals surface area (Å²) in [6, 6.07) is 30.1. The minimum absolute atomic E-state index is 0.750. The first-order valence-electron chi connectivity index (χ1n) is 8.43. The molecule has 0 atom stereocenters. The predicted molar refractivity (Wildman–Crippen MR) is 110 cm³/mol. The van der Waals surface area contributed by atoms with Crippen LogP contribution in [-0.2, 0) is 27.2 Å². The molecular formula is C23H21N3O3. The molecule has 29 heavy (non-hydrogen) atoms. The fraction of sp³-hybridized carbons (Fsp3) is 0.0870. The van der Waals surface area contributed by atoms with Crippen LogP contribution in [0.2, 0.25) is 0 Å². The predicted octanol–water partition coefficient (Wildman–Crippen LogP) is 4.57. The van der Waals surface area contributed by atoms with Gasteiger partial charge in [-0.1, -0.05) is 84.9 Å². The molecule has 0 fully saturated rings. The van der Waals surface area contributed by atoms with Gasteiger partial charge in [0.15, 0.2) is 0 Å². The molecular weight excluding hydrogens is 366 g/mol. The Hall–Kier alpha value is -4.20. The number of nitrogens with one attached hydrogen (secondary N) is 3. The second kappa shape index (κ2) is 17.2. The summed E-state index contributed by atoms with van der Waals surface area (Å²) >= 11 is 0. The average molecular weight is 387 g/mol. The summed E-state index contributed by atoms with van der Waals surface area (Å²) < 4.78 is 0. The van der Waals surface area contributed by atoms with Crippen LogP contribution >= 0.6 is 0 Å². The second-order valence-electron chi connectivity index (χ2n) is 5.40. The highest BCUT2D eigenvalue weighted by atomic mass is 16.1. The SMILES string of the molecule is N=C=O.N=C=O.N=C=O.c1ccc(Cc2ccccc2Cc2ccccc2)cc1. The lowest BCUT2D eigenvalue weighted by Gasteiger charge is -2.10. The topological polar surface area (TPSA) is 123 Å². The van der Waals surface area contributed by atoms with Gasteiger partial charge in [0.2, 0.25) is 18.2 Å². The number of carbonyl (C=O) groups excluding carboxylic acids is 3. The van der Waals surface area contributed by atoms with Crippen LogP contribution in [-0.4, -0.2) is 18.2 Å². The van der Waals surface area contributed by atoms with E-state index in [0.29, 0.717) is 0 Å². The summed E-state index contributed by atoms with van der Waals surface area (Å²) in [7, 11) is 0. The highest BCUT2D eigenvalue weighted by Crippen LogP contribution is 2.17. The van der Waals surface area contributed by atoms with Crippen LogP contribution in [0.4, 0.5) is 0 Å². The molecule has 6 heteroatoms. The Morgan fingerprint density at radius 2 is 0.724 bits per heavy atom. The highest BCUT2D eigenvalue weighted by Gasteiger charge is 2.03. The summed E-state index contributed by atoms with van der Waals surface area (Å²) in [5.41, 5.74) is 5.58. The van der Waals surface area contributed by atoms with Crippen molar-refractivity contribution in [3.63, 3.8) is 0 Å². The normalized spacial score (nSPS) is 8.00. The largest absolute Gasteiger partial charge is 0.231 e. The van der Waals surface area contributed by atoms with Crippen molar-refractivity contribution in [3.05, 3.63) is 107 Å². The Morgan fingerprint density at radius 3 is 1.00 bits per heavy atom. The van der Waals surface area contributed by atoms with Gasteiger partial charge in [0, 0.05) is 0 Å². The molecule has 0 heterocycles. The van der Waals surface area contributed by atoms with Crippen molar-refractivity contribution >= 4 is 18.2 Å². The monoisotopic (exact) mass is 387 g/mol. The Balaban J connectivity index is 0.000000749. The van der Waals surface area contributed by atoms with Crippen molar-refractivity contribution in [1.29, 1.82) is 16.2 Å². The molecule has 3 aromatic carbocycles.